The second-order valence-electron chi connectivity index (χ2n) is 5.29. The Kier molecular flexibility index (Phi) is 6.88. The smallest absolute Gasteiger partial charge is 0.326 e. The molecular formula is C19H21NO3S. The van der Waals surface area contributed by atoms with Gasteiger partial charge in [0.2, 0.25) is 0 Å². The number of carboxylic acid groups (broad SMARTS) is 1. The van der Waals surface area contributed by atoms with Gasteiger partial charge in [0, 0.05) is 5.56 Å². The quantitative estimate of drug-likeness (QED) is 0.718. The van der Waals surface area contributed by atoms with Gasteiger partial charge in [-0.05, 0) is 41.2 Å². The highest BCUT2D eigenvalue weighted by Crippen LogP contribution is 2.19. The van der Waals surface area contributed by atoms with Gasteiger partial charge in [-0.1, -0.05) is 49.4 Å². The Morgan fingerprint density at radius 1 is 1.04 bits per heavy atom. The lowest BCUT2D eigenvalue weighted by Gasteiger charge is -2.14. The van der Waals surface area contributed by atoms with Crippen LogP contribution in [0.1, 0.15) is 23.7 Å². The molecule has 2 N–H and O–H groups in total. The van der Waals surface area contributed by atoms with Crippen molar-refractivity contribution in [2.45, 2.75) is 19.4 Å². The van der Waals surface area contributed by atoms with E-state index in [0.717, 1.165) is 16.9 Å². The Morgan fingerprint density at radius 2 is 1.67 bits per heavy atom. The first-order valence-electron chi connectivity index (χ1n) is 7.88. The van der Waals surface area contributed by atoms with E-state index in [1.807, 2.05) is 49.4 Å². The molecule has 2 aromatic carbocycles. The summed E-state index contributed by atoms with van der Waals surface area (Å²) in [6.45, 7) is 2.02. The number of benzene rings is 2. The van der Waals surface area contributed by atoms with Crippen LogP contribution in [0.4, 0.5) is 0 Å². The zero-order valence-corrected chi connectivity index (χ0v) is 14.4. The third-order valence-electron chi connectivity index (χ3n) is 3.61. The molecule has 2 aromatic rings. The van der Waals surface area contributed by atoms with Crippen molar-refractivity contribution in [2.24, 2.45) is 0 Å². The van der Waals surface area contributed by atoms with Crippen LogP contribution in [-0.2, 0) is 4.79 Å². The van der Waals surface area contributed by atoms with E-state index in [1.54, 1.807) is 23.9 Å². The Bertz CT molecular complexity index is 671. The molecule has 0 aliphatic carbocycles. The van der Waals surface area contributed by atoms with Gasteiger partial charge < -0.3 is 10.4 Å². The fourth-order valence-electron chi connectivity index (χ4n) is 2.29. The second-order valence-corrected chi connectivity index (χ2v) is 6.69. The lowest BCUT2D eigenvalue weighted by Crippen LogP contribution is -2.41. The first-order valence-corrected chi connectivity index (χ1v) is 9.04. The fourth-order valence-corrected chi connectivity index (χ4v) is 2.98. The number of rotatable bonds is 8. The zero-order valence-electron chi connectivity index (χ0n) is 13.6. The predicted molar refractivity (Wildman–Crippen MR) is 98.4 cm³/mol. The molecule has 0 aromatic heterocycles. The van der Waals surface area contributed by atoms with Crippen LogP contribution >= 0.6 is 11.8 Å². The lowest BCUT2D eigenvalue weighted by molar-refractivity contribution is -0.139. The third kappa shape index (κ3) is 5.13. The third-order valence-corrected chi connectivity index (χ3v) is 4.55. The zero-order chi connectivity index (χ0) is 17.4. The number of carbonyl (C=O) groups is 2. The van der Waals surface area contributed by atoms with Crippen molar-refractivity contribution in [1.29, 1.82) is 0 Å². The SMILES string of the molecule is CCSCCC(NC(=O)c1ccc(-c2ccccc2)cc1)C(=O)O. The van der Waals surface area contributed by atoms with E-state index in [-0.39, 0.29) is 5.91 Å². The van der Waals surface area contributed by atoms with E-state index >= 15 is 0 Å². The molecule has 1 amide bonds. The summed E-state index contributed by atoms with van der Waals surface area (Å²) in [6.07, 6.45) is 0.418. The van der Waals surface area contributed by atoms with E-state index in [4.69, 9.17) is 0 Å². The molecule has 0 radical (unpaired) electrons. The molecule has 126 valence electrons. The highest BCUT2D eigenvalue weighted by atomic mass is 32.2. The van der Waals surface area contributed by atoms with Gasteiger partial charge in [0.05, 0.1) is 0 Å². The van der Waals surface area contributed by atoms with E-state index in [1.165, 1.54) is 0 Å². The minimum Gasteiger partial charge on any atom is -0.480 e. The number of aliphatic carboxylic acids is 1. The second kappa shape index (κ2) is 9.13. The van der Waals surface area contributed by atoms with E-state index in [9.17, 15) is 14.7 Å². The van der Waals surface area contributed by atoms with Crippen LogP contribution in [0.2, 0.25) is 0 Å². The molecule has 0 fully saturated rings. The number of carbonyl (C=O) groups excluding carboxylic acids is 1. The van der Waals surface area contributed by atoms with E-state index in [2.05, 4.69) is 5.32 Å². The Balaban J connectivity index is 2.02. The first-order chi connectivity index (χ1) is 11.6. The monoisotopic (exact) mass is 343 g/mol. The van der Waals surface area contributed by atoms with Gasteiger partial charge in [-0.25, -0.2) is 4.79 Å². The number of hydrogen-bond donors (Lipinski definition) is 2. The summed E-state index contributed by atoms with van der Waals surface area (Å²) in [5.41, 5.74) is 2.55. The molecule has 0 spiro atoms. The maximum Gasteiger partial charge on any atom is 0.326 e. The largest absolute Gasteiger partial charge is 0.480 e. The van der Waals surface area contributed by atoms with Crippen molar-refractivity contribution < 1.29 is 14.7 Å². The first kappa shape index (κ1) is 18.1. The summed E-state index contributed by atoms with van der Waals surface area (Å²) in [5, 5.41) is 11.8. The highest BCUT2D eigenvalue weighted by molar-refractivity contribution is 7.99. The van der Waals surface area contributed by atoms with Crippen LogP contribution in [0.15, 0.2) is 54.6 Å². The van der Waals surface area contributed by atoms with Crippen molar-refractivity contribution >= 4 is 23.6 Å². The van der Waals surface area contributed by atoms with E-state index < -0.39 is 12.0 Å². The van der Waals surface area contributed by atoms with Gasteiger partial charge in [-0.15, -0.1) is 0 Å². The minimum absolute atomic E-state index is 0.358. The maximum atomic E-state index is 12.3. The van der Waals surface area contributed by atoms with Gasteiger partial charge in [0.15, 0.2) is 0 Å². The number of nitrogens with one attached hydrogen (secondary N) is 1. The van der Waals surface area contributed by atoms with Crippen molar-refractivity contribution in [3.8, 4) is 11.1 Å². The molecule has 5 heteroatoms. The molecule has 0 bridgehead atoms. The van der Waals surface area contributed by atoms with Gasteiger partial charge in [-0.3, -0.25) is 4.79 Å². The molecule has 2 rings (SSSR count). The molecular weight excluding hydrogens is 322 g/mol. The van der Waals surface area contributed by atoms with Crippen LogP contribution < -0.4 is 5.32 Å². The average molecular weight is 343 g/mol. The molecule has 24 heavy (non-hydrogen) atoms. The number of thioether (sulfide) groups is 1. The van der Waals surface area contributed by atoms with Crippen LogP contribution in [-0.4, -0.2) is 34.5 Å². The van der Waals surface area contributed by atoms with Crippen molar-refractivity contribution in [2.75, 3.05) is 11.5 Å². The Hall–Kier alpha value is -2.27. The van der Waals surface area contributed by atoms with Gasteiger partial charge >= 0.3 is 5.97 Å². The molecule has 0 aliphatic rings. The van der Waals surface area contributed by atoms with Crippen LogP contribution in [0.25, 0.3) is 11.1 Å². The van der Waals surface area contributed by atoms with Gasteiger partial charge in [0.25, 0.3) is 5.91 Å². The molecule has 4 nitrogen and oxygen atoms in total. The Morgan fingerprint density at radius 3 is 2.25 bits per heavy atom. The van der Waals surface area contributed by atoms with Crippen molar-refractivity contribution in [3.63, 3.8) is 0 Å². The van der Waals surface area contributed by atoms with Crippen LogP contribution in [0.5, 0.6) is 0 Å². The predicted octanol–water partition coefficient (Wildman–Crippen LogP) is 3.68. The van der Waals surface area contributed by atoms with Gasteiger partial charge in [0.1, 0.15) is 6.04 Å². The average Bonchev–Trinajstić information content (AvgIpc) is 2.61. The summed E-state index contributed by atoms with van der Waals surface area (Å²) < 4.78 is 0. The summed E-state index contributed by atoms with van der Waals surface area (Å²) in [6, 6.07) is 16.2. The molecule has 0 heterocycles. The minimum atomic E-state index is -0.999. The van der Waals surface area contributed by atoms with Crippen LogP contribution in [0.3, 0.4) is 0 Å². The highest BCUT2D eigenvalue weighted by Gasteiger charge is 2.20. The summed E-state index contributed by atoms with van der Waals surface area (Å²) in [4.78, 5) is 23.5. The van der Waals surface area contributed by atoms with Crippen molar-refractivity contribution in [1.82, 2.24) is 5.32 Å². The molecule has 0 aliphatic heterocycles. The number of hydrogen-bond acceptors (Lipinski definition) is 3. The standard InChI is InChI=1S/C19H21NO3S/c1-2-24-13-12-17(19(22)23)20-18(21)16-10-8-15(9-11-16)14-6-4-3-5-7-14/h3-11,17H,2,12-13H2,1H3,(H,20,21)(H,22,23). The van der Waals surface area contributed by atoms with E-state index in [0.29, 0.717) is 17.7 Å². The molecule has 0 saturated heterocycles. The molecule has 1 atom stereocenters. The number of carboxylic acids is 1. The topological polar surface area (TPSA) is 66.4 Å². The summed E-state index contributed by atoms with van der Waals surface area (Å²) in [5.74, 6) is 0.284. The lowest BCUT2D eigenvalue weighted by atomic mass is 10.0. The van der Waals surface area contributed by atoms with Crippen molar-refractivity contribution in [3.05, 3.63) is 60.2 Å². The number of amides is 1. The summed E-state index contributed by atoms with van der Waals surface area (Å²) in [7, 11) is 0. The fraction of sp³-hybridized carbons (Fsp3) is 0.263. The van der Waals surface area contributed by atoms with Gasteiger partial charge in [-0.2, -0.15) is 11.8 Å². The maximum absolute atomic E-state index is 12.3. The normalized spacial score (nSPS) is 11.7. The molecule has 1 unspecified atom stereocenters. The Labute approximate surface area is 146 Å². The van der Waals surface area contributed by atoms with Crippen LogP contribution in [0, 0.1) is 0 Å². The molecule has 0 saturated carbocycles. The summed E-state index contributed by atoms with van der Waals surface area (Å²) >= 11 is 1.66.